The number of methoxy groups -OCH3 is 1. The minimum Gasteiger partial charge on any atom is -0.356 e. The Kier molecular flexibility index (Phi) is 4.63. The summed E-state index contributed by atoms with van der Waals surface area (Å²) >= 11 is 0. The summed E-state index contributed by atoms with van der Waals surface area (Å²) in [6.45, 7) is 4.69. The molecule has 0 saturated heterocycles. The van der Waals surface area contributed by atoms with Gasteiger partial charge in [0.2, 0.25) is 0 Å². The summed E-state index contributed by atoms with van der Waals surface area (Å²) in [5, 5.41) is 0. The maximum Gasteiger partial charge on any atom is 0.154 e. The molecule has 0 spiro atoms. The Labute approximate surface area is 85.8 Å². The molecule has 1 atom stereocenters. The van der Waals surface area contributed by atoms with Gasteiger partial charge in [-0.2, -0.15) is 0 Å². The van der Waals surface area contributed by atoms with Crippen molar-refractivity contribution in [3.63, 3.8) is 0 Å². The van der Waals surface area contributed by atoms with E-state index in [0.29, 0.717) is 6.61 Å². The van der Waals surface area contributed by atoms with Crippen molar-refractivity contribution < 1.29 is 9.47 Å². The molecule has 78 valence electrons. The second-order valence-corrected chi connectivity index (χ2v) is 3.41. The molecular weight excluding hydrogens is 176 g/mol. The Morgan fingerprint density at radius 3 is 2.43 bits per heavy atom. The number of benzene rings is 1. The third-order valence-corrected chi connectivity index (χ3v) is 2.20. The van der Waals surface area contributed by atoms with E-state index < -0.39 is 0 Å². The van der Waals surface area contributed by atoms with Crippen LogP contribution in [-0.2, 0) is 15.9 Å². The summed E-state index contributed by atoms with van der Waals surface area (Å²) < 4.78 is 10.4. The summed E-state index contributed by atoms with van der Waals surface area (Å²) in [6.07, 6.45) is 0.828. The maximum atomic E-state index is 5.40. The van der Waals surface area contributed by atoms with Gasteiger partial charge in [0.05, 0.1) is 6.61 Å². The molecular formula is C12H18O2. The third kappa shape index (κ3) is 3.90. The molecule has 2 nitrogen and oxygen atoms in total. The van der Waals surface area contributed by atoms with Crippen molar-refractivity contribution in [3.05, 3.63) is 35.4 Å². The Bertz CT molecular complexity index is 254. The Balaban J connectivity index is 2.28. The zero-order valence-electron chi connectivity index (χ0n) is 9.12. The summed E-state index contributed by atoms with van der Waals surface area (Å²) in [6, 6.07) is 8.51. The van der Waals surface area contributed by atoms with Gasteiger partial charge in [0, 0.05) is 7.11 Å². The van der Waals surface area contributed by atoms with E-state index in [1.54, 1.807) is 7.11 Å². The van der Waals surface area contributed by atoms with Crippen LogP contribution in [0.2, 0.25) is 0 Å². The second kappa shape index (κ2) is 5.78. The lowest BCUT2D eigenvalue weighted by molar-refractivity contribution is -0.109. The van der Waals surface area contributed by atoms with Gasteiger partial charge in [-0.15, -0.1) is 0 Å². The molecule has 0 amide bonds. The first-order valence-electron chi connectivity index (χ1n) is 4.92. The number of hydrogen-bond acceptors (Lipinski definition) is 2. The summed E-state index contributed by atoms with van der Waals surface area (Å²) in [7, 11) is 1.65. The van der Waals surface area contributed by atoms with Crippen molar-refractivity contribution in [2.24, 2.45) is 0 Å². The van der Waals surface area contributed by atoms with E-state index in [9.17, 15) is 0 Å². The molecule has 0 aliphatic rings. The van der Waals surface area contributed by atoms with Crippen LogP contribution in [0, 0.1) is 6.92 Å². The van der Waals surface area contributed by atoms with E-state index in [2.05, 4.69) is 31.2 Å². The van der Waals surface area contributed by atoms with Crippen LogP contribution >= 0.6 is 0 Å². The number of ether oxygens (including phenoxy) is 2. The average Bonchev–Trinajstić information content (AvgIpc) is 2.21. The minimum atomic E-state index is -0.111. The van der Waals surface area contributed by atoms with E-state index >= 15 is 0 Å². The lowest BCUT2D eigenvalue weighted by Gasteiger charge is -2.10. The van der Waals surface area contributed by atoms with Crippen molar-refractivity contribution in [2.75, 3.05) is 13.7 Å². The second-order valence-electron chi connectivity index (χ2n) is 3.41. The van der Waals surface area contributed by atoms with Crippen LogP contribution in [0.25, 0.3) is 0 Å². The maximum absolute atomic E-state index is 5.40. The Hall–Kier alpha value is -0.860. The van der Waals surface area contributed by atoms with Gasteiger partial charge in [0.1, 0.15) is 0 Å². The molecule has 0 aromatic heterocycles. The van der Waals surface area contributed by atoms with Crippen LogP contribution in [0.1, 0.15) is 18.1 Å². The summed E-state index contributed by atoms with van der Waals surface area (Å²) in [4.78, 5) is 0. The van der Waals surface area contributed by atoms with Crippen LogP contribution in [0.15, 0.2) is 24.3 Å². The molecule has 2 heteroatoms. The van der Waals surface area contributed by atoms with Gasteiger partial charge in [-0.25, -0.2) is 0 Å². The highest BCUT2D eigenvalue weighted by atomic mass is 16.7. The fraction of sp³-hybridized carbons (Fsp3) is 0.500. The van der Waals surface area contributed by atoms with E-state index in [-0.39, 0.29) is 6.29 Å². The van der Waals surface area contributed by atoms with Crippen LogP contribution in [0.5, 0.6) is 0 Å². The molecule has 14 heavy (non-hydrogen) atoms. The largest absolute Gasteiger partial charge is 0.356 e. The van der Waals surface area contributed by atoms with Crippen LogP contribution in [0.4, 0.5) is 0 Å². The molecule has 0 radical (unpaired) electrons. The highest BCUT2D eigenvalue weighted by molar-refractivity contribution is 5.21. The zero-order chi connectivity index (χ0) is 10.4. The molecule has 0 saturated carbocycles. The van der Waals surface area contributed by atoms with Crippen molar-refractivity contribution in [1.82, 2.24) is 0 Å². The van der Waals surface area contributed by atoms with E-state index in [1.165, 1.54) is 11.1 Å². The van der Waals surface area contributed by atoms with Gasteiger partial charge >= 0.3 is 0 Å². The topological polar surface area (TPSA) is 18.5 Å². The Morgan fingerprint density at radius 2 is 1.86 bits per heavy atom. The smallest absolute Gasteiger partial charge is 0.154 e. The molecule has 1 rings (SSSR count). The molecule has 0 heterocycles. The number of rotatable bonds is 5. The first-order chi connectivity index (χ1) is 6.72. The molecule has 0 aliphatic carbocycles. The number of hydrogen-bond donors (Lipinski definition) is 0. The van der Waals surface area contributed by atoms with Crippen molar-refractivity contribution >= 4 is 0 Å². The number of aryl methyl sites for hydroxylation is 1. The van der Waals surface area contributed by atoms with Gasteiger partial charge < -0.3 is 9.47 Å². The molecule has 0 fully saturated rings. The lowest BCUT2D eigenvalue weighted by atomic mass is 10.1. The van der Waals surface area contributed by atoms with Crippen LogP contribution < -0.4 is 0 Å². The monoisotopic (exact) mass is 194 g/mol. The molecule has 1 aromatic carbocycles. The zero-order valence-corrected chi connectivity index (χ0v) is 9.12. The molecule has 0 aliphatic heterocycles. The van der Waals surface area contributed by atoms with E-state index in [0.717, 1.165) is 6.42 Å². The minimum absolute atomic E-state index is 0.111. The standard InChI is InChI=1S/C12H18O2/c1-10-4-6-12(7-5-10)8-9-14-11(2)13-3/h4-7,11H,8-9H2,1-3H3. The predicted molar refractivity (Wildman–Crippen MR) is 57.3 cm³/mol. The molecule has 1 aromatic rings. The first-order valence-corrected chi connectivity index (χ1v) is 4.92. The van der Waals surface area contributed by atoms with Crippen molar-refractivity contribution in [1.29, 1.82) is 0 Å². The van der Waals surface area contributed by atoms with Gasteiger partial charge in [-0.1, -0.05) is 29.8 Å². The quantitative estimate of drug-likeness (QED) is 0.671. The van der Waals surface area contributed by atoms with Crippen LogP contribution in [-0.4, -0.2) is 20.0 Å². The van der Waals surface area contributed by atoms with E-state index in [1.807, 2.05) is 6.92 Å². The highest BCUT2D eigenvalue weighted by Gasteiger charge is 1.98. The normalized spacial score (nSPS) is 12.8. The van der Waals surface area contributed by atoms with Crippen molar-refractivity contribution in [3.8, 4) is 0 Å². The Morgan fingerprint density at radius 1 is 1.21 bits per heavy atom. The highest BCUT2D eigenvalue weighted by Crippen LogP contribution is 2.04. The van der Waals surface area contributed by atoms with Gasteiger partial charge in [0.15, 0.2) is 6.29 Å². The SMILES string of the molecule is COC(C)OCCc1ccc(C)cc1. The van der Waals surface area contributed by atoms with Gasteiger partial charge in [-0.05, 0) is 25.8 Å². The van der Waals surface area contributed by atoms with Gasteiger partial charge in [-0.3, -0.25) is 0 Å². The van der Waals surface area contributed by atoms with Crippen LogP contribution in [0.3, 0.4) is 0 Å². The fourth-order valence-electron chi connectivity index (χ4n) is 1.17. The summed E-state index contributed by atoms with van der Waals surface area (Å²) in [5.74, 6) is 0. The predicted octanol–water partition coefficient (Wildman–Crippen LogP) is 2.55. The van der Waals surface area contributed by atoms with Gasteiger partial charge in [0.25, 0.3) is 0 Å². The molecule has 1 unspecified atom stereocenters. The fourth-order valence-corrected chi connectivity index (χ4v) is 1.17. The lowest BCUT2D eigenvalue weighted by Crippen LogP contribution is -2.12. The molecule has 0 N–H and O–H groups in total. The average molecular weight is 194 g/mol. The third-order valence-electron chi connectivity index (χ3n) is 2.20. The van der Waals surface area contributed by atoms with Crippen molar-refractivity contribution in [2.45, 2.75) is 26.6 Å². The summed E-state index contributed by atoms with van der Waals surface area (Å²) in [5.41, 5.74) is 2.60. The van der Waals surface area contributed by atoms with E-state index in [4.69, 9.17) is 9.47 Å². The first kappa shape index (κ1) is 11.2. The molecule has 0 bridgehead atoms.